The second-order valence-electron chi connectivity index (χ2n) is 6.38. The highest BCUT2D eigenvalue weighted by molar-refractivity contribution is 5.82. The first kappa shape index (κ1) is 18.6. The lowest BCUT2D eigenvalue weighted by Gasteiger charge is -2.14. The van der Waals surface area contributed by atoms with Crippen LogP contribution in [0.25, 0.3) is 5.65 Å². The Hall–Kier alpha value is -3.16. The fraction of sp³-hybridized carbons (Fsp3) is 0.263. The number of carbonyl (C=O) groups is 1. The molecule has 0 saturated heterocycles. The first-order valence-corrected chi connectivity index (χ1v) is 8.38. The van der Waals surface area contributed by atoms with Crippen LogP contribution in [0.5, 0.6) is 5.75 Å². The molecule has 3 aromatic rings. The van der Waals surface area contributed by atoms with Crippen LogP contribution in [0.15, 0.2) is 30.5 Å². The van der Waals surface area contributed by atoms with Crippen LogP contribution in [0.2, 0.25) is 0 Å². The number of nitrogens with zero attached hydrogens (tertiary/aromatic N) is 2. The van der Waals surface area contributed by atoms with Crippen LogP contribution in [0, 0.1) is 25.5 Å². The number of amides is 1. The van der Waals surface area contributed by atoms with E-state index in [1.165, 1.54) is 18.2 Å². The van der Waals surface area contributed by atoms with Gasteiger partial charge in [0, 0.05) is 6.20 Å². The number of benzene rings is 1. The standard InChI is InChI=1S/C19H20F2N4O2/c1-10-7-16(27-9-13-14(20)5-4-6-15(13)21)19-24-12(3)18(25(19)8-10)23-11(2)17(22)26/h4-8,11,23H,9H2,1-3H3,(H2,22,26). The highest BCUT2D eigenvalue weighted by Crippen LogP contribution is 2.28. The monoisotopic (exact) mass is 374 g/mol. The smallest absolute Gasteiger partial charge is 0.239 e. The molecule has 27 heavy (non-hydrogen) atoms. The van der Waals surface area contributed by atoms with Crippen LogP contribution in [-0.2, 0) is 11.4 Å². The Morgan fingerprint density at radius 1 is 1.33 bits per heavy atom. The second kappa shape index (κ2) is 7.22. The largest absolute Gasteiger partial charge is 0.485 e. The molecule has 0 spiro atoms. The maximum absolute atomic E-state index is 13.8. The van der Waals surface area contributed by atoms with Crippen LogP contribution < -0.4 is 15.8 Å². The van der Waals surface area contributed by atoms with Gasteiger partial charge in [-0.2, -0.15) is 0 Å². The van der Waals surface area contributed by atoms with Crippen LogP contribution in [0.3, 0.4) is 0 Å². The van der Waals surface area contributed by atoms with Gasteiger partial charge in [0.05, 0.1) is 11.3 Å². The molecule has 0 aliphatic heterocycles. The normalized spacial score (nSPS) is 12.2. The van der Waals surface area contributed by atoms with Crippen molar-refractivity contribution in [3.05, 3.63) is 58.9 Å². The maximum Gasteiger partial charge on any atom is 0.239 e. The lowest BCUT2D eigenvalue weighted by molar-refractivity contribution is -0.118. The number of aryl methyl sites for hydroxylation is 2. The molecule has 2 aromatic heterocycles. The molecule has 0 fully saturated rings. The predicted molar refractivity (Wildman–Crippen MR) is 97.6 cm³/mol. The predicted octanol–water partition coefficient (Wildman–Crippen LogP) is 3.09. The Balaban J connectivity index is 1.98. The van der Waals surface area contributed by atoms with E-state index in [0.717, 1.165) is 5.56 Å². The molecule has 1 atom stereocenters. The van der Waals surface area contributed by atoms with E-state index in [0.29, 0.717) is 22.9 Å². The number of anilines is 1. The molecule has 6 nitrogen and oxygen atoms in total. The number of aromatic nitrogens is 2. The number of fused-ring (bicyclic) bond motifs is 1. The number of imidazole rings is 1. The van der Waals surface area contributed by atoms with E-state index < -0.39 is 23.6 Å². The van der Waals surface area contributed by atoms with Crippen molar-refractivity contribution < 1.29 is 18.3 Å². The Morgan fingerprint density at radius 2 is 2.00 bits per heavy atom. The average molecular weight is 374 g/mol. The zero-order valence-electron chi connectivity index (χ0n) is 15.2. The average Bonchev–Trinajstić information content (AvgIpc) is 2.90. The van der Waals surface area contributed by atoms with Gasteiger partial charge in [0.15, 0.2) is 11.4 Å². The zero-order chi connectivity index (χ0) is 19.7. The van der Waals surface area contributed by atoms with Crippen molar-refractivity contribution in [2.75, 3.05) is 5.32 Å². The summed E-state index contributed by atoms with van der Waals surface area (Å²) in [5.74, 6) is -0.863. The Bertz CT molecular complexity index is 996. The molecule has 8 heteroatoms. The number of pyridine rings is 1. The van der Waals surface area contributed by atoms with E-state index in [1.807, 2.05) is 13.1 Å². The summed E-state index contributed by atoms with van der Waals surface area (Å²) in [7, 11) is 0. The van der Waals surface area contributed by atoms with Crippen molar-refractivity contribution in [3.63, 3.8) is 0 Å². The van der Waals surface area contributed by atoms with Gasteiger partial charge >= 0.3 is 0 Å². The topological polar surface area (TPSA) is 81.7 Å². The number of rotatable bonds is 6. The Morgan fingerprint density at radius 3 is 2.63 bits per heavy atom. The van der Waals surface area contributed by atoms with Crippen molar-refractivity contribution in [1.29, 1.82) is 0 Å². The van der Waals surface area contributed by atoms with Gasteiger partial charge in [-0.25, -0.2) is 13.8 Å². The number of hydrogen-bond acceptors (Lipinski definition) is 4. The quantitative estimate of drug-likeness (QED) is 0.695. The SMILES string of the molecule is Cc1cc(OCc2c(F)cccc2F)c2nc(C)c(NC(C)C(N)=O)n2c1. The summed E-state index contributed by atoms with van der Waals surface area (Å²) < 4.78 is 35.1. The van der Waals surface area contributed by atoms with Crippen LogP contribution >= 0.6 is 0 Å². The van der Waals surface area contributed by atoms with Crippen molar-refractivity contribution in [1.82, 2.24) is 9.38 Å². The number of carbonyl (C=O) groups excluding carboxylic acids is 1. The molecule has 2 heterocycles. The summed E-state index contributed by atoms with van der Waals surface area (Å²) >= 11 is 0. The van der Waals surface area contributed by atoms with Crippen molar-refractivity contribution in [2.45, 2.75) is 33.4 Å². The number of nitrogens with one attached hydrogen (secondary N) is 1. The van der Waals surface area contributed by atoms with Crippen LogP contribution in [0.1, 0.15) is 23.7 Å². The van der Waals surface area contributed by atoms with Crippen molar-refractivity contribution in [3.8, 4) is 5.75 Å². The molecule has 0 aliphatic rings. The molecule has 0 radical (unpaired) electrons. The molecular formula is C19H20F2N4O2. The number of halogens is 2. The minimum Gasteiger partial charge on any atom is -0.485 e. The summed E-state index contributed by atoms with van der Waals surface area (Å²) in [4.78, 5) is 15.8. The third kappa shape index (κ3) is 3.69. The van der Waals surface area contributed by atoms with Crippen molar-refractivity contribution in [2.24, 2.45) is 5.73 Å². The third-order valence-corrected chi connectivity index (χ3v) is 4.21. The number of nitrogens with two attached hydrogens (primary N) is 1. The molecule has 3 N–H and O–H groups in total. The van der Waals surface area contributed by atoms with Gasteiger partial charge in [0.2, 0.25) is 5.91 Å². The van der Waals surface area contributed by atoms with Gasteiger partial charge in [0.25, 0.3) is 0 Å². The molecule has 0 aliphatic carbocycles. The molecule has 1 amide bonds. The molecule has 1 unspecified atom stereocenters. The second-order valence-corrected chi connectivity index (χ2v) is 6.38. The molecule has 0 saturated carbocycles. The number of primary amides is 1. The molecule has 3 rings (SSSR count). The fourth-order valence-electron chi connectivity index (χ4n) is 2.73. The molecule has 0 bridgehead atoms. The first-order chi connectivity index (χ1) is 12.8. The van der Waals surface area contributed by atoms with Gasteiger partial charge in [-0.3, -0.25) is 9.20 Å². The van der Waals surface area contributed by atoms with E-state index in [1.54, 1.807) is 24.3 Å². The Labute approximate surface area is 155 Å². The van der Waals surface area contributed by atoms with Gasteiger partial charge in [-0.1, -0.05) is 6.07 Å². The summed E-state index contributed by atoms with van der Waals surface area (Å²) in [6.45, 7) is 5.00. The Kier molecular flexibility index (Phi) is 4.98. The van der Waals surface area contributed by atoms with Crippen LogP contribution in [-0.4, -0.2) is 21.3 Å². The van der Waals surface area contributed by atoms with Crippen molar-refractivity contribution >= 4 is 17.4 Å². The summed E-state index contributed by atoms with van der Waals surface area (Å²) in [6, 6.07) is 4.80. The van der Waals surface area contributed by atoms with E-state index in [-0.39, 0.29) is 12.2 Å². The zero-order valence-corrected chi connectivity index (χ0v) is 15.2. The number of ether oxygens (including phenoxy) is 1. The third-order valence-electron chi connectivity index (χ3n) is 4.21. The summed E-state index contributed by atoms with van der Waals surface area (Å²) in [5.41, 5.74) is 7.12. The van der Waals surface area contributed by atoms with E-state index in [9.17, 15) is 13.6 Å². The van der Waals surface area contributed by atoms with E-state index in [4.69, 9.17) is 10.5 Å². The highest BCUT2D eigenvalue weighted by Gasteiger charge is 2.18. The van der Waals surface area contributed by atoms with Gasteiger partial charge in [-0.15, -0.1) is 0 Å². The van der Waals surface area contributed by atoms with Crippen LogP contribution in [0.4, 0.5) is 14.6 Å². The molecule has 142 valence electrons. The van der Waals surface area contributed by atoms with E-state index in [2.05, 4.69) is 10.3 Å². The maximum atomic E-state index is 13.8. The first-order valence-electron chi connectivity index (χ1n) is 8.38. The minimum absolute atomic E-state index is 0.152. The lowest BCUT2D eigenvalue weighted by atomic mass is 10.2. The molecular weight excluding hydrogens is 354 g/mol. The van der Waals surface area contributed by atoms with Gasteiger partial charge in [-0.05, 0) is 44.5 Å². The van der Waals surface area contributed by atoms with Gasteiger partial charge < -0.3 is 15.8 Å². The number of hydrogen-bond donors (Lipinski definition) is 2. The minimum atomic E-state index is -0.671. The lowest BCUT2D eigenvalue weighted by Crippen LogP contribution is -2.33. The summed E-state index contributed by atoms with van der Waals surface area (Å²) in [6.07, 6.45) is 1.82. The van der Waals surface area contributed by atoms with Gasteiger partial charge in [0.1, 0.15) is 30.1 Å². The molecule has 1 aromatic carbocycles. The highest BCUT2D eigenvalue weighted by atomic mass is 19.1. The van der Waals surface area contributed by atoms with E-state index >= 15 is 0 Å². The summed E-state index contributed by atoms with van der Waals surface area (Å²) in [5, 5.41) is 3.03. The fourth-order valence-corrected chi connectivity index (χ4v) is 2.73.